The molecule has 0 saturated carbocycles. The zero-order valence-electron chi connectivity index (χ0n) is 6.01. The molecule has 0 fully saturated rings. The number of aliphatic hydroxyl groups is 1. The second-order valence-electron chi connectivity index (χ2n) is 2.09. The third kappa shape index (κ3) is 2.91. The fourth-order valence-electron chi connectivity index (χ4n) is 0.732. The van der Waals surface area contributed by atoms with Crippen molar-refractivity contribution >= 4 is 27.3 Å². The molecule has 0 saturated heterocycles. The van der Waals surface area contributed by atoms with E-state index >= 15 is 0 Å². The van der Waals surface area contributed by atoms with Crippen molar-refractivity contribution < 1.29 is 5.11 Å². The average Bonchev–Trinajstić information content (AvgIpc) is 2.37. The predicted molar refractivity (Wildman–Crippen MR) is 50.8 cm³/mol. The summed E-state index contributed by atoms with van der Waals surface area (Å²) in [5.41, 5.74) is 0. The van der Waals surface area contributed by atoms with E-state index in [1.54, 1.807) is 11.3 Å². The molecule has 0 atom stereocenters. The van der Waals surface area contributed by atoms with Crippen molar-refractivity contribution in [2.24, 2.45) is 0 Å². The van der Waals surface area contributed by atoms with Crippen molar-refractivity contribution in [3.8, 4) is 0 Å². The van der Waals surface area contributed by atoms with Crippen molar-refractivity contribution in [2.75, 3.05) is 13.2 Å². The highest BCUT2D eigenvalue weighted by atomic mass is 79.9. The second-order valence-corrected chi connectivity index (χ2v) is 3.95. The minimum Gasteiger partial charge on any atom is -0.395 e. The van der Waals surface area contributed by atoms with Crippen molar-refractivity contribution in [1.82, 2.24) is 5.32 Å². The molecule has 4 heteroatoms. The van der Waals surface area contributed by atoms with E-state index in [4.69, 9.17) is 5.11 Å². The Morgan fingerprint density at radius 1 is 1.64 bits per heavy atom. The summed E-state index contributed by atoms with van der Waals surface area (Å²) in [4.78, 5) is 1.28. The van der Waals surface area contributed by atoms with Crippen LogP contribution < -0.4 is 5.32 Å². The number of halogens is 1. The first kappa shape index (κ1) is 9.19. The Labute approximate surface area is 78.4 Å². The summed E-state index contributed by atoms with van der Waals surface area (Å²) in [6, 6.07) is 2.03. The second kappa shape index (κ2) is 4.87. The van der Waals surface area contributed by atoms with Crippen LogP contribution in [-0.4, -0.2) is 18.3 Å². The van der Waals surface area contributed by atoms with E-state index < -0.39 is 0 Å². The summed E-state index contributed by atoms with van der Waals surface area (Å²) in [5, 5.41) is 13.6. The molecule has 0 aliphatic carbocycles. The van der Waals surface area contributed by atoms with Gasteiger partial charge in [0.1, 0.15) is 0 Å². The van der Waals surface area contributed by atoms with Crippen LogP contribution >= 0.6 is 27.3 Å². The van der Waals surface area contributed by atoms with Gasteiger partial charge in [0.05, 0.1) is 6.61 Å². The SMILES string of the molecule is OCCNCc1sccc1Br. The molecule has 2 N–H and O–H groups in total. The zero-order chi connectivity index (χ0) is 8.10. The fourth-order valence-corrected chi connectivity index (χ4v) is 2.19. The van der Waals surface area contributed by atoms with E-state index in [2.05, 4.69) is 21.2 Å². The van der Waals surface area contributed by atoms with Crippen molar-refractivity contribution in [1.29, 1.82) is 0 Å². The van der Waals surface area contributed by atoms with E-state index in [-0.39, 0.29) is 6.61 Å². The fraction of sp³-hybridized carbons (Fsp3) is 0.429. The van der Waals surface area contributed by atoms with E-state index in [9.17, 15) is 0 Å². The summed E-state index contributed by atoms with van der Waals surface area (Å²) in [5.74, 6) is 0. The maximum atomic E-state index is 8.49. The zero-order valence-corrected chi connectivity index (χ0v) is 8.41. The molecule has 0 aliphatic rings. The van der Waals surface area contributed by atoms with Crippen LogP contribution in [0.15, 0.2) is 15.9 Å². The maximum absolute atomic E-state index is 8.49. The van der Waals surface area contributed by atoms with Gasteiger partial charge in [-0.1, -0.05) is 0 Å². The first-order chi connectivity index (χ1) is 5.34. The molecule has 0 spiro atoms. The Hall–Kier alpha value is 0.100. The van der Waals surface area contributed by atoms with Crippen molar-refractivity contribution in [3.05, 3.63) is 20.8 Å². The molecular weight excluding hydrogens is 226 g/mol. The molecule has 0 bridgehead atoms. The predicted octanol–water partition coefficient (Wildman–Crippen LogP) is 1.59. The van der Waals surface area contributed by atoms with Crippen molar-refractivity contribution in [2.45, 2.75) is 6.54 Å². The first-order valence-corrected chi connectivity index (χ1v) is 5.05. The van der Waals surface area contributed by atoms with E-state index in [0.29, 0.717) is 6.54 Å². The van der Waals surface area contributed by atoms with Crippen LogP contribution in [0.4, 0.5) is 0 Å². The molecule has 0 amide bonds. The summed E-state index contributed by atoms with van der Waals surface area (Å²) in [6.07, 6.45) is 0. The highest BCUT2D eigenvalue weighted by Crippen LogP contribution is 2.21. The Bertz CT molecular complexity index is 214. The van der Waals surface area contributed by atoms with Crippen LogP contribution in [0.2, 0.25) is 0 Å². The van der Waals surface area contributed by atoms with Crippen LogP contribution in [0.1, 0.15) is 4.88 Å². The monoisotopic (exact) mass is 235 g/mol. The van der Waals surface area contributed by atoms with Gasteiger partial charge in [0, 0.05) is 22.4 Å². The van der Waals surface area contributed by atoms with Crippen LogP contribution in [0, 0.1) is 0 Å². The average molecular weight is 236 g/mol. The molecule has 62 valence electrons. The molecule has 1 rings (SSSR count). The Kier molecular flexibility index (Phi) is 4.07. The molecule has 0 aromatic carbocycles. The van der Waals surface area contributed by atoms with Crippen molar-refractivity contribution in [3.63, 3.8) is 0 Å². The number of rotatable bonds is 4. The molecule has 1 aromatic heterocycles. The summed E-state index contributed by atoms with van der Waals surface area (Å²) in [6.45, 7) is 1.69. The summed E-state index contributed by atoms with van der Waals surface area (Å²) < 4.78 is 1.15. The molecule has 0 aliphatic heterocycles. The number of aliphatic hydroxyl groups excluding tert-OH is 1. The lowest BCUT2D eigenvalue weighted by atomic mass is 10.4. The lowest BCUT2D eigenvalue weighted by Crippen LogP contribution is -2.16. The number of hydrogen-bond acceptors (Lipinski definition) is 3. The van der Waals surface area contributed by atoms with Gasteiger partial charge in [-0.25, -0.2) is 0 Å². The van der Waals surface area contributed by atoms with Gasteiger partial charge < -0.3 is 10.4 Å². The van der Waals surface area contributed by atoms with Crippen LogP contribution in [-0.2, 0) is 6.54 Å². The summed E-state index contributed by atoms with van der Waals surface area (Å²) >= 11 is 5.14. The van der Waals surface area contributed by atoms with Gasteiger partial charge in [0.15, 0.2) is 0 Å². The van der Waals surface area contributed by atoms with E-state index in [0.717, 1.165) is 11.0 Å². The third-order valence-electron chi connectivity index (χ3n) is 1.27. The van der Waals surface area contributed by atoms with Gasteiger partial charge >= 0.3 is 0 Å². The first-order valence-electron chi connectivity index (χ1n) is 3.38. The minimum absolute atomic E-state index is 0.197. The van der Waals surface area contributed by atoms with Gasteiger partial charge in [0.2, 0.25) is 0 Å². The van der Waals surface area contributed by atoms with Gasteiger partial charge in [0.25, 0.3) is 0 Å². The number of thiophene rings is 1. The van der Waals surface area contributed by atoms with Gasteiger partial charge in [-0.3, -0.25) is 0 Å². The van der Waals surface area contributed by atoms with Crippen LogP contribution in [0.3, 0.4) is 0 Å². The van der Waals surface area contributed by atoms with Gasteiger partial charge in [-0.15, -0.1) is 11.3 Å². The Morgan fingerprint density at radius 2 is 2.45 bits per heavy atom. The highest BCUT2D eigenvalue weighted by molar-refractivity contribution is 9.10. The lowest BCUT2D eigenvalue weighted by molar-refractivity contribution is 0.292. The lowest BCUT2D eigenvalue weighted by Gasteiger charge is -1.99. The summed E-state index contributed by atoms with van der Waals surface area (Å²) in [7, 11) is 0. The maximum Gasteiger partial charge on any atom is 0.0556 e. The minimum atomic E-state index is 0.197. The standard InChI is InChI=1S/C7H10BrNOS/c8-6-1-4-11-7(6)5-9-2-3-10/h1,4,9-10H,2-3,5H2. The molecular formula is C7H10BrNOS. The Morgan fingerprint density at radius 3 is 3.00 bits per heavy atom. The quantitative estimate of drug-likeness (QED) is 0.778. The number of hydrogen-bond donors (Lipinski definition) is 2. The molecule has 2 nitrogen and oxygen atoms in total. The largest absolute Gasteiger partial charge is 0.395 e. The molecule has 1 aromatic rings. The van der Waals surface area contributed by atoms with Crippen LogP contribution in [0.25, 0.3) is 0 Å². The number of nitrogens with one attached hydrogen (secondary N) is 1. The smallest absolute Gasteiger partial charge is 0.0556 e. The Balaban J connectivity index is 2.32. The van der Waals surface area contributed by atoms with E-state index in [1.807, 2.05) is 11.4 Å². The third-order valence-corrected chi connectivity index (χ3v) is 3.19. The molecule has 11 heavy (non-hydrogen) atoms. The van der Waals surface area contributed by atoms with Crippen LogP contribution in [0.5, 0.6) is 0 Å². The molecule has 0 radical (unpaired) electrons. The van der Waals surface area contributed by atoms with E-state index in [1.165, 1.54) is 4.88 Å². The normalized spacial score (nSPS) is 10.4. The highest BCUT2D eigenvalue weighted by Gasteiger charge is 1.98. The molecule has 1 heterocycles. The van der Waals surface area contributed by atoms with Gasteiger partial charge in [-0.05, 0) is 27.4 Å². The topological polar surface area (TPSA) is 32.3 Å². The molecule has 0 unspecified atom stereocenters. The van der Waals surface area contributed by atoms with Gasteiger partial charge in [-0.2, -0.15) is 0 Å².